The molecule has 5 nitrogen and oxygen atoms in total. The summed E-state index contributed by atoms with van der Waals surface area (Å²) in [5.41, 5.74) is 1.44. The summed E-state index contributed by atoms with van der Waals surface area (Å²) in [6.45, 7) is 8.98. The molecular formula is C35H52O5. The molecule has 0 N–H and O–H groups in total. The normalized spacial score (nSPS) is 17.9. The Morgan fingerprint density at radius 2 is 1.43 bits per heavy atom. The van der Waals surface area contributed by atoms with Gasteiger partial charge in [-0.1, -0.05) is 104 Å². The molecule has 1 aliphatic rings. The molecule has 0 amide bonds. The molecule has 0 bridgehead atoms. The second kappa shape index (κ2) is 18.9. The highest BCUT2D eigenvalue weighted by Crippen LogP contribution is 2.29. The van der Waals surface area contributed by atoms with Crippen LogP contribution in [-0.4, -0.2) is 25.8 Å². The second-order valence-electron chi connectivity index (χ2n) is 11.5. The van der Waals surface area contributed by atoms with Gasteiger partial charge in [0, 0.05) is 11.5 Å². The van der Waals surface area contributed by atoms with E-state index in [1.54, 1.807) is 24.3 Å². The number of hydrogen-bond acceptors (Lipinski definition) is 5. The van der Waals surface area contributed by atoms with Gasteiger partial charge in [0.15, 0.2) is 6.29 Å². The first-order valence-corrected chi connectivity index (χ1v) is 15.9. The number of carbonyl (C=O) groups is 1. The molecule has 1 saturated heterocycles. The van der Waals surface area contributed by atoms with Gasteiger partial charge in [-0.25, -0.2) is 4.79 Å². The molecule has 1 unspecified atom stereocenters. The maximum atomic E-state index is 12.6. The fraction of sp³-hybridized carbons (Fsp3) is 0.629. The van der Waals surface area contributed by atoms with E-state index in [-0.39, 0.29) is 12.3 Å². The molecule has 1 atom stereocenters. The number of hydrogen-bond donors (Lipinski definition) is 0. The molecule has 0 radical (unpaired) electrons. The smallest absolute Gasteiger partial charge is 0.343 e. The first kappa shape index (κ1) is 32.1. The van der Waals surface area contributed by atoms with Crippen LogP contribution in [0.25, 0.3) is 0 Å². The van der Waals surface area contributed by atoms with Gasteiger partial charge in [0.2, 0.25) is 0 Å². The van der Waals surface area contributed by atoms with E-state index in [0.717, 1.165) is 36.9 Å². The molecule has 0 aromatic heterocycles. The zero-order chi connectivity index (χ0) is 28.4. The Hall–Kier alpha value is -2.37. The van der Waals surface area contributed by atoms with Crippen LogP contribution in [-0.2, 0) is 9.47 Å². The number of esters is 1. The van der Waals surface area contributed by atoms with Crippen LogP contribution in [0.5, 0.6) is 11.5 Å². The summed E-state index contributed by atoms with van der Waals surface area (Å²) in [5.74, 6) is 2.17. The molecule has 3 rings (SSSR count). The summed E-state index contributed by atoms with van der Waals surface area (Å²) in [6.07, 6.45) is 16.1. The van der Waals surface area contributed by atoms with Crippen LogP contribution in [0, 0.1) is 11.8 Å². The predicted octanol–water partition coefficient (Wildman–Crippen LogP) is 9.69. The van der Waals surface area contributed by atoms with Crippen molar-refractivity contribution in [2.75, 3.05) is 19.8 Å². The van der Waals surface area contributed by atoms with Gasteiger partial charge in [-0.15, -0.1) is 0 Å². The van der Waals surface area contributed by atoms with Crippen LogP contribution in [0.1, 0.15) is 126 Å². The Balaban J connectivity index is 1.32. The van der Waals surface area contributed by atoms with Crippen LogP contribution in [0.2, 0.25) is 0 Å². The SMILES string of the molecule is CCCCCCCCCC1COC(c2ccc(OC(=O)c3ccc(OCCCCCC(C)CC)cc3)cc2)OC1. The lowest BCUT2D eigenvalue weighted by Gasteiger charge is -2.29. The molecule has 222 valence electrons. The fourth-order valence-corrected chi connectivity index (χ4v) is 5.00. The Morgan fingerprint density at radius 1 is 0.800 bits per heavy atom. The van der Waals surface area contributed by atoms with Crippen molar-refractivity contribution in [1.29, 1.82) is 0 Å². The standard InChI is InChI=1S/C35H52O5/c1-4-6-7-8-9-10-13-16-29-26-38-35(39-27-29)31-19-23-33(24-20-31)40-34(36)30-17-21-32(22-18-30)37-25-14-11-12-15-28(3)5-2/h17-24,28-29,35H,4-16,25-27H2,1-3H3. The van der Waals surface area contributed by atoms with E-state index in [4.69, 9.17) is 18.9 Å². The van der Waals surface area contributed by atoms with E-state index in [1.165, 1.54) is 77.0 Å². The molecule has 0 spiro atoms. The third kappa shape index (κ3) is 12.0. The molecule has 1 aliphatic heterocycles. The Labute approximate surface area is 242 Å². The summed E-state index contributed by atoms with van der Waals surface area (Å²) in [6, 6.07) is 14.6. The monoisotopic (exact) mass is 552 g/mol. The molecule has 0 aliphatic carbocycles. The van der Waals surface area contributed by atoms with Gasteiger partial charge in [0.05, 0.1) is 25.4 Å². The lowest BCUT2D eigenvalue weighted by atomic mass is 10.0. The summed E-state index contributed by atoms with van der Waals surface area (Å²) >= 11 is 0. The van der Waals surface area contributed by atoms with Crippen molar-refractivity contribution < 1.29 is 23.7 Å². The number of benzene rings is 2. The van der Waals surface area contributed by atoms with Crippen molar-refractivity contribution in [3.63, 3.8) is 0 Å². The summed E-state index contributed by atoms with van der Waals surface area (Å²) in [7, 11) is 0. The lowest BCUT2D eigenvalue weighted by molar-refractivity contribution is -0.206. The zero-order valence-corrected chi connectivity index (χ0v) is 25.2. The molecule has 1 heterocycles. The van der Waals surface area contributed by atoms with E-state index < -0.39 is 0 Å². The molecular weight excluding hydrogens is 500 g/mol. The largest absolute Gasteiger partial charge is 0.494 e. The van der Waals surface area contributed by atoms with Crippen LogP contribution in [0.15, 0.2) is 48.5 Å². The minimum absolute atomic E-state index is 0.359. The van der Waals surface area contributed by atoms with E-state index >= 15 is 0 Å². The number of rotatable bonds is 19. The van der Waals surface area contributed by atoms with Crippen molar-refractivity contribution in [3.05, 3.63) is 59.7 Å². The van der Waals surface area contributed by atoms with Gasteiger partial charge in [0.1, 0.15) is 11.5 Å². The van der Waals surface area contributed by atoms with E-state index in [1.807, 2.05) is 24.3 Å². The zero-order valence-electron chi connectivity index (χ0n) is 25.2. The average molecular weight is 553 g/mol. The maximum Gasteiger partial charge on any atom is 0.343 e. The number of unbranched alkanes of at least 4 members (excludes halogenated alkanes) is 8. The Morgan fingerprint density at radius 3 is 2.10 bits per heavy atom. The Bertz CT molecular complexity index is 931. The van der Waals surface area contributed by atoms with Crippen molar-refractivity contribution in [3.8, 4) is 11.5 Å². The summed E-state index contributed by atoms with van der Waals surface area (Å²) < 4.78 is 23.4. The third-order valence-corrected chi connectivity index (χ3v) is 7.94. The third-order valence-electron chi connectivity index (χ3n) is 7.94. The van der Waals surface area contributed by atoms with Crippen LogP contribution in [0.3, 0.4) is 0 Å². The molecule has 40 heavy (non-hydrogen) atoms. The number of ether oxygens (including phenoxy) is 4. The summed E-state index contributed by atoms with van der Waals surface area (Å²) in [5, 5.41) is 0. The van der Waals surface area contributed by atoms with Gasteiger partial charge in [-0.2, -0.15) is 0 Å². The summed E-state index contributed by atoms with van der Waals surface area (Å²) in [4.78, 5) is 12.6. The second-order valence-corrected chi connectivity index (χ2v) is 11.5. The van der Waals surface area contributed by atoms with Gasteiger partial charge in [0.25, 0.3) is 0 Å². The van der Waals surface area contributed by atoms with Crippen molar-refractivity contribution in [2.24, 2.45) is 11.8 Å². The Kier molecular flexibility index (Phi) is 15.2. The van der Waals surface area contributed by atoms with Gasteiger partial charge in [-0.05, 0) is 55.2 Å². The van der Waals surface area contributed by atoms with Gasteiger partial charge in [-0.3, -0.25) is 0 Å². The van der Waals surface area contributed by atoms with E-state index in [9.17, 15) is 4.79 Å². The van der Waals surface area contributed by atoms with Crippen LogP contribution >= 0.6 is 0 Å². The van der Waals surface area contributed by atoms with E-state index in [2.05, 4.69) is 20.8 Å². The molecule has 5 heteroatoms. The number of carbonyl (C=O) groups excluding carboxylic acids is 1. The first-order valence-electron chi connectivity index (χ1n) is 15.9. The van der Waals surface area contributed by atoms with Crippen molar-refractivity contribution in [1.82, 2.24) is 0 Å². The highest BCUT2D eigenvalue weighted by Gasteiger charge is 2.23. The fourth-order valence-electron chi connectivity index (χ4n) is 5.00. The molecule has 2 aromatic carbocycles. The minimum atomic E-state index is -0.386. The quantitative estimate of drug-likeness (QED) is 0.0986. The molecule has 2 aromatic rings. The maximum absolute atomic E-state index is 12.6. The molecule has 1 fully saturated rings. The van der Waals surface area contributed by atoms with Gasteiger partial charge >= 0.3 is 5.97 Å². The van der Waals surface area contributed by atoms with Crippen molar-refractivity contribution >= 4 is 5.97 Å². The lowest BCUT2D eigenvalue weighted by Crippen LogP contribution is -2.27. The van der Waals surface area contributed by atoms with Gasteiger partial charge < -0.3 is 18.9 Å². The van der Waals surface area contributed by atoms with Crippen LogP contribution in [0.4, 0.5) is 0 Å². The van der Waals surface area contributed by atoms with E-state index in [0.29, 0.717) is 23.8 Å². The first-order chi connectivity index (χ1) is 19.6. The average Bonchev–Trinajstić information content (AvgIpc) is 2.99. The topological polar surface area (TPSA) is 54.0 Å². The van der Waals surface area contributed by atoms with Crippen molar-refractivity contribution in [2.45, 2.75) is 111 Å². The minimum Gasteiger partial charge on any atom is -0.494 e. The highest BCUT2D eigenvalue weighted by atomic mass is 16.7. The highest BCUT2D eigenvalue weighted by molar-refractivity contribution is 5.91. The predicted molar refractivity (Wildman–Crippen MR) is 162 cm³/mol. The molecule has 0 saturated carbocycles. The van der Waals surface area contributed by atoms with Crippen LogP contribution < -0.4 is 9.47 Å².